The number of hydrogen-bond acceptors (Lipinski definition) is 4. The van der Waals surface area contributed by atoms with Crippen LogP contribution < -0.4 is 10.6 Å². The predicted octanol–water partition coefficient (Wildman–Crippen LogP) is 4.23. The first-order valence-electron chi connectivity index (χ1n) is 12.5. The summed E-state index contributed by atoms with van der Waals surface area (Å²) in [4.78, 5) is 5.10. The third-order valence-corrected chi connectivity index (χ3v) is 7.32. The number of likely N-dealkylation sites (N-methyl/N-ethyl adjacent to an activating group) is 2. The van der Waals surface area contributed by atoms with Gasteiger partial charge in [-0.3, -0.25) is 9.80 Å². The van der Waals surface area contributed by atoms with Crippen LogP contribution in [0.25, 0.3) is 0 Å². The summed E-state index contributed by atoms with van der Waals surface area (Å²) in [6.45, 7) is 11.7. The smallest absolute Gasteiger partial charge is 0.0234 e. The van der Waals surface area contributed by atoms with Gasteiger partial charge in [-0.2, -0.15) is 0 Å². The lowest BCUT2D eigenvalue weighted by Crippen LogP contribution is -2.48. The first kappa shape index (κ1) is 24.9. The largest absolute Gasteiger partial charge is 0.315 e. The zero-order chi connectivity index (χ0) is 22.8. The summed E-state index contributed by atoms with van der Waals surface area (Å²) >= 11 is 0. The normalized spacial score (nSPS) is 26.9. The van der Waals surface area contributed by atoms with Crippen LogP contribution in [0.2, 0.25) is 0 Å². The second-order valence-corrected chi connectivity index (χ2v) is 9.76. The van der Waals surface area contributed by atoms with E-state index in [0.717, 1.165) is 24.9 Å². The average molecular weight is 437 g/mol. The number of likely N-dealkylation sites (tertiary alicyclic amines) is 2. The van der Waals surface area contributed by atoms with Gasteiger partial charge in [0.05, 0.1) is 0 Å². The molecule has 2 aliphatic heterocycles. The van der Waals surface area contributed by atoms with Crippen molar-refractivity contribution in [3.8, 4) is 0 Å². The highest BCUT2D eigenvalue weighted by atomic mass is 15.2. The van der Waals surface area contributed by atoms with E-state index < -0.39 is 0 Å². The SMILES string of the molecule is CN[C@@H]1CN(Cc2ccccc2)CC[C@@H]1C.CN[C@H]1CN(Cc2ccccc2)CC[C@H]1C. The molecule has 0 unspecified atom stereocenters. The minimum absolute atomic E-state index is 0.650. The van der Waals surface area contributed by atoms with Crippen molar-refractivity contribution in [2.45, 2.75) is 51.9 Å². The second kappa shape index (κ2) is 13.1. The second-order valence-electron chi connectivity index (χ2n) is 9.76. The Balaban J connectivity index is 0.000000181. The Morgan fingerprint density at radius 1 is 0.656 bits per heavy atom. The molecule has 2 aromatic rings. The summed E-state index contributed by atoms with van der Waals surface area (Å²) in [6.07, 6.45) is 2.61. The number of rotatable bonds is 6. The standard InChI is InChI=1S/2C14H22N2/c2*1-12-8-9-16(11-14(12)15-2)10-13-6-4-3-5-7-13/h2*3-7,12,14-15H,8-11H2,1-2H3/t2*12-,14+/m10/s1. The monoisotopic (exact) mass is 436 g/mol. The van der Waals surface area contributed by atoms with Crippen molar-refractivity contribution in [3.05, 3.63) is 71.8 Å². The molecule has 0 saturated carbocycles. The molecule has 2 fully saturated rings. The molecule has 0 aromatic heterocycles. The summed E-state index contributed by atoms with van der Waals surface area (Å²) in [6, 6.07) is 22.8. The van der Waals surface area contributed by atoms with Gasteiger partial charge in [0.1, 0.15) is 0 Å². The maximum absolute atomic E-state index is 3.43. The van der Waals surface area contributed by atoms with Crippen LogP contribution in [0.4, 0.5) is 0 Å². The summed E-state index contributed by atoms with van der Waals surface area (Å²) < 4.78 is 0. The fourth-order valence-electron chi connectivity index (χ4n) is 5.00. The molecule has 2 aliphatic rings. The van der Waals surface area contributed by atoms with Crippen LogP contribution >= 0.6 is 0 Å². The molecule has 2 saturated heterocycles. The van der Waals surface area contributed by atoms with Gasteiger partial charge < -0.3 is 10.6 Å². The first-order valence-corrected chi connectivity index (χ1v) is 12.5. The van der Waals surface area contributed by atoms with E-state index in [1.165, 1.54) is 50.1 Å². The summed E-state index contributed by atoms with van der Waals surface area (Å²) in [5.41, 5.74) is 2.85. The van der Waals surface area contributed by atoms with Gasteiger partial charge in [0.15, 0.2) is 0 Å². The topological polar surface area (TPSA) is 30.5 Å². The summed E-state index contributed by atoms with van der Waals surface area (Å²) in [5.74, 6) is 1.61. The number of benzene rings is 2. The molecule has 2 aromatic carbocycles. The van der Waals surface area contributed by atoms with Crippen LogP contribution in [0.5, 0.6) is 0 Å². The lowest BCUT2D eigenvalue weighted by Gasteiger charge is -2.37. The summed E-state index contributed by atoms with van der Waals surface area (Å²) in [7, 11) is 4.15. The number of piperidine rings is 2. The van der Waals surface area contributed by atoms with Gasteiger partial charge in [0.2, 0.25) is 0 Å². The molecule has 176 valence electrons. The van der Waals surface area contributed by atoms with Gasteiger partial charge in [-0.1, -0.05) is 74.5 Å². The van der Waals surface area contributed by atoms with Gasteiger partial charge in [-0.25, -0.2) is 0 Å². The number of nitrogens with zero attached hydrogens (tertiary/aromatic N) is 2. The molecule has 0 amide bonds. The lowest BCUT2D eigenvalue weighted by molar-refractivity contribution is 0.147. The highest BCUT2D eigenvalue weighted by molar-refractivity contribution is 5.15. The Labute approximate surface area is 196 Å². The zero-order valence-electron chi connectivity index (χ0n) is 20.6. The third kappa shape index (κ3) is 7.70. The lowest BCUT2D eigenvalue weighted by atomic mass is 9.93. The molecule has 4 nitrogen and oxygen atoms in total. The highest BCUT2D eigenvalue weighted by Gasteiger charge is 2.25. The third-order valence-electron chi connectivity index (χ3n) is 7.32. The van der Waals surface area contributed by atoms with Gasteiger partial charge in [-0.15, -0.1) is 0 Å². The Kier molecular flexibility index (Phi) is 10.2. The van der Waals surface area contributed by atoms with Gasteiger partial charge in [0, 0.05) is 38.3 Å². The van der Waals surface area contributed by atoms with E-state index in [1.54, 1.807) is 0 Å². The maximum atomic E-state index is 3.43. The van der Waals surface area contributed by atoms with E-state index in [-0.39, 0.29) is 0 Å². The van der Waals surface area contributed by atoms with E-state index in [1.807, 2.05) is 0 Å². The highest BCUT2D eigenvalue weighted by Crippen LogP contribution is 2.19. The van der Waals surface area contributed by atoms with E-state index in [2.05, 4.69) is 109 Å². The average Bonchev–Trinajstić information content (AvgIpc) is 2.83. The van der Waals surface area contributed by atoms with Crippen LogP contribution in [0, 0.1) is 11.8 Å². The predicted molar refractivity (Wildman–Crippen MR) is 137 cm³/mol. The first-order chi connectivity index (χ1) is 15.6. The molecule has 4 atom stereocenters. The Hall–Kier alpha value is -1.72. The molecule has 0 aliphatic carbocycles. The molecule has 32 heavy (non-hydrogen) atoms. The van der Waals surface area contributed by atoms with E-state index >= 15 is 0 Å². The van der Waals surface area contributed by atoms with Crippen molar-refractivity contribution in [3.63, 3.8) is 0 Å². The van der Waals surface area contributed by atoms with Crippen molar-refractivity contribution >= 4 is 0 Å². The molecule has 0 radical (unpaired) electrons. The minimum Gasteiger partial charge on any atom is -0.315 e. The fraction of sp³-hybridized carbons (Fsp3) is 0.571. The molecule has 0 spiro atoms. The van der Waals surface area contributed by atoms with Gasteiger partial charge >= 0.3 is 0 Å². The molecule has 2 heterocycles. The Morgan fingerprint density at radius 3 is 1.38 bits per heavy atom. The van der Waals surface area contributed by atoms with Crippen LogP contribution in [-0.2, 0) is 13.1 Å². The van der Waals surface area contributed by atoms with Crippen LogP contribution in [0.3, 0.4) is 0 Å². The van der Waals surface area contributed by atoms with E-state index in [0.29, 0.717) is 12.1 Å². The van der Waals surface area contributed by atoms with Crippen LogP contribution in [-0.4, -0.2) is 62.2 Å². The molecule has 4 heteroatoms. The van der Waals surface area contributed by atoms with E-state index in [4.69, 9.17) is 0 Å². The molecular weight excluding hydrogens is 392 g/mol. The van der Waals surface area contributed by atoms with Crippen LogP contribution in [0.1, 0.15) is 37.8 Å². The van der Waals surface area contributed by atoms with Crippen molar-refractivity contribution in [2.75, 3.05) is 40.3 Å². The Morgan fingerprint density at radius 2 is 1.03 bits per heavy atom. The van der Waals surface area contributed by atoms with Crippen molar-refractivity contribution in [1.29, 1.82) is 0 Å². The van der Waals surface area contributed by atoms with Crippen molar-refractivity contribution < 1.29 is 0 Å². The van der Waals surface area contributed by atoms with Gasteiger partial charge in [0.25, 0.3) is 0 Å². The Bertz CT molecular complexity index is 685. The zero-order valence-corrected chi connectivity index (χ0v) is 20.6. The quantitative estimate of drug-likeness (QED) is 0.709. The summed E-state index contributed by atoms with van der Waals surface area (Å²) in [5, 5.41) is 6.86. The molecular formula is C28H44N4. The minimum atomic E-state index is 0.650. The van der Waals surface area contributed by atoms with E-state index in [9.17, 15) is 0 Å². The van der Waals surface area contributed by atoms with Crippen molar-refractivity contribution in [2.24, 2.45) is 11.8 Å². The van der Waals surface area contributed by atoms with Crippen LogP contribution in [0.15, 0.2) is 60.7 Å². The molecule has 2 N–H and O–H groups in total. The number of hydrogen-bond donors (Lipinski definition) is 2. The van der Waals surface area contributed by atoms with Crippen molar-refractivity contribution in [1.82, 2.24) is 20.4 Å². The maximum Gasteiger partial charge on any atom is 0.0234 e. The van der Waals surface area contributed by atoms with Gasteiger partial charge in [-0.05, 0) is 63.0 Å². The fourth-order valence-corrected chi connectivity index (χ4v) is 5.00. The molecule has 0 bridgehead atoms. The molecule has 4 rings (SSSR count). The number of nitrogens with one attached hydrogen (secondary N) is 2.